The lowest BCUT2D eigenvalue weighted by atomic mass is 9.82. The zero-order chi connectivity index (χ0) is 19.5. The molecule has 0 unspecified atom stereocenters. The predicted octanol–water partition coefficient (Wildman–Crippen LogP) is 4.67. The smallest absolute Gasteiger partial charge is 0.370 e. The Bertz CT molecular complexity index is 747. The fourth-order valence-corrected chi connectivity index (χ4v) is 4.28. The van der Waals surface area contributed by atoms with Crippen LogP contribution in [0.25, 0.3) is 0 Å². The molecule has 1 aromatic carbocycles. The minimum atomic E-state index is -4.17. The molecule has 26 heavy (non-hydrogen) atoms. The van der Waals surface area contributed by atoms with Crippen LogP contribution in [-0.2, 0) is 10.3 Å². The summed E-state index contributed by atoms with van der Waals surface area (Å²) in [6, 6.07) is 3.62. The number of benzene rings is 1. The van der Waals surface area contributed by atoms with E-state index in [0.717, 1.165) is 18.4 Å². The molecule has 1 aliphatic rings. The quantitative estimate of drug-likeness (QED) is 0.695. The Morgan fingerprint density at radius 2 is 1.73 bits per heavy atom. The lowest BCUT2D eigenvalue weighted by Gasteiger charge is -2.24. The first-order valence-electron chi connectivity index (χ1n) is 9.52. The van der Waals surface area contributed by atoms with Gasteiger partial charge in [0.05, 0.1) is 0 Å². The van der Waals surface area contributed by atoms with Gasteiger partial charge in [-0.3, -0.25) is 4.79 Å². The number of carbonyl (C=O) groups excluding carboxylic acids is 1. The summed E-state index contributed by atoms with van der Waals surface area (Å²) < 4.78 is 28.4. The number of nitrogens with two attached hydrogens (primary N) is 1. The van der Waals surface area contributed by atoms with Crippen LogP contribution in [0.15, 0.2) is 12.1 Å². The van der Waals surface area contributed by atoms with Crippen molar-refractivity contribution in [2.24, 2.45) is 11.1 Å². The molecule has 0 aliphatic heterocycles. The Labute approximate surface area is 157 Å². The maximum atomic E-state index is 13.0. The van der Waals surface area contributed by atoms with E-state index in [-0.39, 0.29) is 23.4 Å². The van der Waals surface area contributed by atoms with E-state index >= 15 is 0 Å². The van der Waals surface area contributed by atoms with Gasteiger partial charge in [0.15, 0.2) is 11.5 Å². The first kappa shape index (κ1) is 20.9. The van der Waals surface area contributed by atoms with Gasteiger partial charge in [0, 0.05) is 17.5 Å². The number of Topliss-reactive ketones (excluding diaryl/α,β-unsaturated/α-hetero) is 1. The number of hydrogen-bond acceptors (Lipinski definition) is 4. The van der Waals surface area contributed by atoms with Crippen molar-refractivity contribution in [3.05, 3.63) is 28.8 Å². The molecule has 0 amide bonds. The van der Waals surface area contributed by atoms with E-state index in [1.54, 1.807) is 6.07 Å². The van der Waals surface area contributed by atoms with Crippen molar-refractivity contribution >= 4 is 16.1 Å². The second-order valence-electron chi connectivity index (χ2n) is 7.96. The molecule has 1 aliphatic carbocycles. The molecule has 6 heteroatoms. The average Bonchev–Trinajstić information content (AvgIpc) is 2.53. The Morgan fingerprint density at radius 1 is 1.12 bits per heavy atom. The van der Waals surface area contributed by atoms with E-state index in [0.29, 0.717) is 23.5 Å². The molecule has 0 aromatic heterocycles. The SMILES string of the molecule is CC(C)c1ccc(C(=O)CC2CCCCC2)c(C(C)C)c1OS(N)(=O)=O. The number of carbonyl (C=O) groups is 1. The normalized spacial score (nSPS) is 16.3. The topological polar surface area (TPSA) is 86.5 Å². The fourth-order valence-electron chi connectivity index (χ4n) is 3.86. The predicted molar refractivity (Wildman–Crippen MR) is 104 cm³/mol. The molecule has 0 atom stereocenters. The summed E-state index contributed by atoms with van der Waals surface area (Å²) in [6.45, 7) is 7.79. The van der Waals surface area contributed by atoms with Gasteiger partial charge in [0.25, 0.3) is 0 Å². The zero-order valence-electron chi connectivity index (χ0n) is 16.2. The second kappa shape index (κ2) is 8.53. The van der Waals surface area contributed by atoms with Gasteiger partial charge in [0.2, 0.25) is 0 Å². The maximum absolute atomic E-state index is 13.0. The van der Waals surface area contributed by atoms with Gasteiger partial charge < -0.3 is 4.18 Å². The van der Waals surface area contributed by atoms with E-state index in [1.165, 1.54) is 19.3 Å². The van der Waals surface area contributed by atoms with Gasteiger partial charge in [-0.25, -0.2) is 0 Å². The summed E-state index contributed by atoms with van der Waals surface area (Å²) in [5.74, 6) is 0.702. The van der Waals surface area contributed by atoms with Crippen molar-refractivity contribution in [2.75, 3.05) is 0 Å². The van der Waals surface area contributed by atoms with Crippen molar-refractivity contribution < 1.29 is 17.4 Å². The lowest BCUT2D eigenvalue weighted by molar-refractivity contribution is 0.0948. The highest BCUT2D eigenvalue weighted by Gasteiger charge is 2.27. The largest absolute Gasteiger partial charge is 0.380 e. The highest BCUT2D eigenvalue weighted by Crippen LogP contribution is 2.39. The van der Waals surface area contributed by atoms with Gasteiger partial charge in [-0.2, -0.15) is 13.6 Å². The Balaban J connectivity index is 2.48. The molecule has 5 nitrogen and oxygen atoms in total. The molecule has 1 aromatic rings. The summed E-state index contributed by atoms with van der Waals surface area (Å²) in [5, 5.41) is 5.15. The molecular weight excluding hydrogens is 350 g/mol. The van der Waals surface area contributed by atoms with Crippen molar-refractivity contribution in [3.63, 3.8) is 0 Å². The highest BCUT2D eigenvalue weighted by molar-refractivity contribution is 7.84. The van der Waals surface area contributed by atoms with Crippen molar-refractivity contribution in [2.45, 2.75) is 78.1 Å². The second-order valence-corrected chi connectivity index (χ2v) is 9.11. The first-order chi connectivity index (χ1) is 12.1. The standard InChI is InChI=1S/C20H31NO4S/c1-13(2)16-10-11-17(18(22)12-15-8-6-5-7-9-15)19(14(3)4)20(16)25-26(21,23)24/h10-11,13-15H,5-9,12H2,1-4H3,(H2,21,23,24). The van der Waals surface area contributed by atoms with Crippen molar-refractivity contribution in [1.82, 2.24) is 0 Å². The Morgan fingerprint density at radius 3 is 2.23 bits per heavy atom. The summed E-state index contributed by atoms with van der Waals surface area (Å²) >= 11 is 0. The van der Waals surface area contributed by atoms with Crippen LogP contribution < -0.4 is 9.32 Å². The van der Waals surface area contributed by atoms with Crippen LogP contribution in [0.4, 0.5) is 0 Å². The Hall–Kier alpha value is -1.40. The van der Waals surface area contributed by atoms with Crippen molar-refractivity contribution in [3.8, 4) is 5.75 Å². The molecule has 2 rings (SSSR count). The van der Waals surface area contributed by atoms with E-state index < -0.39 is 10.3 Å². The lowest BCUT2D eigenvalue weighted by Crippen LogP contribution is -2.22. The van der Waals surface area contributed by atoms with Gasteiger partial charge in [-0.05, 0) is 23.3 Å². The highest BCUT2D eigenvalue weighted by atomic mass is 32.2. The molecule has 0 heterocycles. The summed E-state index contributed by atoms with van der Waals surface area (Å²) in [4.78, 5) is 13.0. The maximum Gasteiger partial charge on any atom is 0.380 e. The monoisotopic (exact) mass is 381 g/mol. The third-order valence-electron chi connectivity index (χ3n) is 5.12. The van der Waals surface area contributed by atoms with E-state index in [9.17, 15) is 13.2 Å². The van der Waals surface area contributed by atoms with Gasteiger partial charge >= 0.3 is 10.3 Å². The molecule has 146 valence electrons. The minimum Gasteiger partial charge on any atom is -0.370 e. The van der Waals surface area contributed by atoms with Gasteiger partial charge in [0.1, 0.15) is 0 Å². The molecular formula is C20H31NO4S. The van der Waals surface area contributed by atoms with Gasteiger partial charge in [-0.1, -0.05) is 71.9 Å². The summed E-state index contributed by atoms with van der Waals surface area (Å²) in [6.07, 6.45) is 6.30. The zero-order valence-corrected chi connectivity index (χ0v) is 17.1. The van der Waals surface area contributed by atoms with Crippen LogP contribution in [0.3, 0.4) is 0 Å². The van der Waals surface area contributed by atoms with E-state index in [4.69, 9.17) is 9.32 Å². The summed E-state index contributed by atoms with van der Waals surface area (Å²) in [5.41, 5.74) is 1.96. The average molecular weight is 382 g/mol. The molecule has 0 bridgehead atoms. The third kappa shape index (κ3) is 5.30. The summed E-state index contributed by atoms with van der Waals surface area (Å²) in [7, 11) is -4.17. The van der Waals surface area contributed by atoms with Crippen LogP contribution >= 0.6 is 0 Å². The molecule has 0 spiro atoms. The molecule has 1 saturated carbocycles. The molecule has 1 fully saturated rings. The minimum absolute atomic E-state index is 0.0479. The van der Waals surface area contributed by atoms with Gasteiger partial charge in [-0.15, -0.1) is 0 Å². The number of rotatable bonds is 7. The molecule has 0 radical (unpaired) electrons. The van der Waals surface area contributed by atoms with Crippen LogP contribution in [0, 0.1) is 5.92 Å². The van der Waals surface area contributed by atoms with Crippen LogP contribution in [0.2, 0.25) is 0 Å². The van der Waals surface area contributed by atoms with Crippen LogP contribution in [0.5, 0.6) is 5.75 Å². The number of hydrogen-bond donors (Lipinski definition) is 1. The van der Waals surface area contributed by atoms with Crippen LogP contribution in [-0.4, -0.2) is 14.2 Å². The molecule has 2 N–H and O–H groups in total. The van der Waals surface area contributed by atoms with E-state index in [2.05, 4.69) is 0 Å². The first-order valence-corrected chi connectivity index (χ1v) is 11.0. The Kier molecular flexibility index (Phi) is 6.86. The van der Waals surface area contributed by atoms with Crippen LogP contribution in [0.1, 0.15) is 99.5 Å². The molecule has 0 saturated heterocycles. The van der Waals surface area contributed by atoms with E-state index in [1.807, 2.05) is 33.8 Å². The third-order valence-corrected chi connectivity index (χ3v) is 5.52. The van der Waals surface area contributed by atoms with Crippen molar-refractivity contribution in [1.29, 1.82) is 0 Å². The number of ketones is 1. The fraction of sp³-hybridized carbons (Fsp3) is 0.650.